The zero-order valence-electron chi connectivity index (χ0n) is 57.8. The van der Waals surface area contributed by atoms with Crippen LogP contribution in [0.5, 0.6) is 0 Å². The zero-order valence-corrected chi connectivity index (χ0v) is 67.2. The maximum atomic E-state index is 9.32. The van der Waals surface area contributed by atoms with Crippen LogP contribution in [-0.4, -0.2) is 263 Å². The van der Waals surface area contributed by atoms with Crippen LogP contribution in [0.1, 0.15) is 178 Å². The number of rotatable bonds is 18. The fourth-order valence-corrected chi connectivity index (χ4v) is 12.8. The van der Waals surface area contributed by atoms with Gasteiger partial charge in [0.25, 0.3) is 0 Å². The van der Waals surface area contributed by atoms with Gasteiger partial charge in [-0.15, -0.1) is 0 Å². The van der Waals surface area contributed by atoms with E-state index in [1.54, 1.807) is 6.92 Å². The van der Waals surface area contributed by atoms with Gasteiger partial charge in [-0.1, -0.05) is 136 Å². The average Bonchev–Trinajstić information content (AvgIpc) is 4.34. The van der Waals surface area contributed by atoms with Gasteiger partial charge in [0.1, 0.15) is 36.6 Å². The van der Waals surface area contributed by atoms with Gasteiger partial charge in [-0.05, 0) is 78.6 Å². The Hall–Kier alpha value is 1.98. The van der Waals surface area contributed by atoms with Gasteiger partial charge in [-0.25, -0.2) is 0 Å². The van der Waals surface area contributed by atoms with Crippen molar-refractivity contribution in [2.75, 3.05) is 39.5 Å². The van der Waals surface area contributed by atoms with Gasteiger partial charge in [-0.3, -0.25) is 4.91 Å². The van der Waals surface area contributed by atoms with Crippen LogP contribution in [0.4, 0.5) is 0 Å². The van der Waals surface area contributed by atoms with Gasteiger partial charge in [0, 0.05) is 30.5 Å². The second kappa shape index (κ2) is 62.5. The summed E-state index contributed by atoms with van der Waals surface area (Å²) in [4.78, 5) is 5.37. The van der Waals surface area contributed by atoms with E-state index in [2.05, 4.69) is 117 Å². The average molecular weight is 1430 g/mol. The second-order valence-corrected chi connectivity index (χ2v) is 45.4. The number of aliphatic hydroxyl groups excluding tert-OH is 13. The normalized spacial score (nSPS) is 32.6. The predicted molar refractivity (Wildman–Crippen MR) is 352 cm³/mol. The number of aliphatic hydroxyl groups is 13. The van der Waals surface area contributed by atoms with Crippen LogP contribution in [0.2, 0.25) is 10.1 Å². The Morgan fingerprint density at radius 2 is 1.00 bits per heavy atom. The zero-order chi connectivity index (χ0) is 68.1. The number of nitrogens with zero attached hydrogens (tertiary/aromatic N) is 6. The van der Waals surface area contributed by atoms with Gasteiger partial charge in [0.15, 0.2) is 12.6 Å². The molecular formula is C60H128N7Na3O16Se2. The molecule has 14 N–H and O–H groups in total. The third kappa shape index (κ3) is 43.3. The van der Waals surface area contributed by atoms with Crippen molar-refractivity contribution in [3.63, 3.8) is 0 Å². The topological polar surface area (TPSA) is 410 Å². The van der Waals surface area contributed by atoms with Crippen molar-refractivity contribution in [3.8, 4) is 0 Å². The number of hydrogen-bond donors (Lipinski definition) is 14. The molecule has 0 aliphatic carbocycles. The quantitative estimate of drug-likeness (QED) is 0.0405. The van der Waals surface area contributed by atoms with Crippen LogP contribution in [0.25, 0.3) is 26.4 Å². The molecule has 0 spiro atoms. The van der Waals surface area contributed by atoms with Gasteiger partial charge >= 0.3 is 151 Å². The maximum absolute atomic E-state index is 9.32. The summed E-state index contributed by atoms with van der Waals surface area (Å²) < 4.78 is 14.8. The SMILES string of the molecule is C.CC1O[C@@H](CO)[C@H](O)C1O.CCC(C)C(C)[C@@H](C)CC.CC[C@@H]1OC(O)C(C)[C@H]1C.CC[C@H](C)[C@H](C)C(C)CN=[N+]=[N-].CC[C@H](O)[C@H](C)C(C)CO.CC[C@H]1[Se]CC(C)[C@H]1C.OC[C@@H]1OC(O)C(O)[C@H]1O.OC[C@H]1NCC(O)[C@H]1O.[N-]=[N+]=[N-].[Na+].[Na][Se][Na]. The molecule has 5 aliphatic rings. The van der Waals surface area contributed by atoms with Crippen LogP contribution in [0.15, 0.2) is 5.11 Å². The van der Waals surface area contributed by atoms with E-state index in [0.717, 1.165) is 68.3 Å². The molecule has 0 aromatic heterocycles. The summed E-state index contributed by atoms with van der Waals surface area (Å²) >= 11 is 3.97. The van der Waals surface area contributed by atoms with E-state index >= 15 is 0 Å². The Balaban J connectivity index is -0.000000168. The molecule has 0 bridgehead atoms. The van der Waals surface area contributed by atoms with Gasteiger partial charge in [-0.2, -0.15) is 0 Å². The standard InChI is InChI=1S/C10H22.C9H19N3.C8H16O2.C8H18O2.C8H16Se.C6H12O4.C5H11NO3.C5H10O5.CH4.N3.3Na.Se/c1-6-8(3)10(5)9(4)7-2;1-5-7(2)9(4)8(3)6-11-12-10;1-4-7-5(2)6(3)8(9)10-7;1-4-8(10)7(3)6(2)5-9;1-4-8-7(3)6(2)5-9-8;1-3-5(8)6(9)4(2-7)10-3;7-2-3-5(9)4(8)1-6-3;6-1-2-3(7)4(8)5(9)10-2;;1-3-2;;;;/h8-10H,6-7H2,1-5H3;7-9H,5-6H2,1-4H3;5-9H,4H2,1-3H3;6-10H,4-5H2,1-3H3;6-8H,4-5H2,1-3H3;3-9H,2H2,1H3;3-9H,1-2H2;2-9H,1H2;1H4;;;;;/q;;;;;;;;;-1;;;+1;/t8-,9?,10?;7-,8?,9-;5-,6?,7+,8?;6?,7-,8+;6?,7-,8-;3?,4-,5?,6-;3-,4?,5+;2-,3-,4?,5?;;;;;;/m00111010....../s1. The molecule has 514 valence electrons. The van der Waals surface area contributed by atoms with Crippen molar-refractivity contribution in [2.45, 2.75) is 273 Å². The number of azide groups is 1. The van der Waals surface area contributed by atoms with Crippen molar-refractivity contribution >= 4 is 71.8 Å². The van der Waals surface area contributed by atoms with E-state index in [1.165, 1.54) is 86.7 Å². The van der Waals surface area contributed by atoms with E-state index in [0.29, 0.717) is 42.7 Å². The number of hydrogen-bond acceptors (Lipinski definition) is 18. The molecule has 5 heterocycles. The molecule has 5 aliphatic heterocycles. The first-order valence-electron chi connectivity index (χ1n) is 31.5. The minimum absolute atomic E-state index is 0. The monoisotopic (exact) mass is 1430 g/mol. The van der Waals surface area contributed by atoms with E-state index in [9.17, 15) is 10.2 Å². The molecular weight excluding hydrogens is 1300 g/mol. The molecule has 5 saturated heterocycles. The molecule has 0 aromatic rings. The van der Waals surface area contributed by atoms with E-state index in [4.69, 9.17) is 82.2 Å². The Kier molecular flexibility index (Phi) is 73.5. The number of ether oxygens (including phenoxy) is 3. The van der Waals surface area contributed by atoms with Crippen LogP contribution >= 0.6 is 0 Å². The summed E-state index contributed by atoms with van der Waals surface area (Å²) in [6.07, 6.45) is -2.58. The van der Waals surface area contributed by atoms with Crippen LogP contribution in [0.3, 0.4) is 0 Å². The van der Waals surface area contributed by atoms with Gasteiger partial charge in [0.05, 0.1) is 56.4 Å². The molecule has 23 nitrogen and oxygen atoms in total. The van der Waals surface area contributed by atoms with Gasteiger partial charge < -0.3 is 97.0 Å². The Morgan fingerprint density at radius 1 is 0.568 bits per heavy atom. The van der Waals surface area contributed by atoms with E-state index in [1.807, 2.05) is 27.7 Å². The molecule has 0 saturated carbocycles. The molecule has 27 atom stereocenters. The van der Waals surface area contributed by atoms with Crippen LogP contribution in [0, 0.1) is 71.0 Å². The van der Waals surface area contributed by atoms with Crippen molar-refractivity contribution in [1.29, 1.82) is 0 Å². The number of nitrogens with one attached hydrogen (secondary N) is 1. The molecule has 5 rings (SSSR count). The Morgan fingerprint density at radius 3 is 1.22 bits per heavy atom. The van der Waals surface area contributed by atoms with E-state index < -0.39 is 68.0 Å². The third-order valence-corrected chi connectivity index (χ3v) is 22.1. The Bertz CT molecular complexity index is 1530. The first kappa shape index (κ1) is 103. The molecule has 0 aromatic carbocycles. The van der Waals surface area contributed by atoms with Crippen molar-refractivity contribution in [3.05, 3.63) is 26.4 Å². The Labute approximate surface area is 596 Å². The van der Waals surface area contributed by atoms with Crippen molar-refractivity contribution in [1.82, 2.24) is 5.32 Å². The first-order valence-corrected chi connectivity index (χ1v) is 45.6. The molecule has 0 radical (unpaired) electrons. The van der Waals surface area contributed by atoms with Crippen molar-refractivity contribution in [2.24, 2.45) is 76.1 Å². The summed E-state index contributed by atoms with van der Waals surface area (Å²) in [6.45, 7) is 41.8. The van der Waals surface area contributed by atoms with Gasteiger partial charge in [0.2, 0.25) is 0 Å². The van der Waals surface area contributed by atoms with Crippen LogP contribution < -0.4 is 34.9 Å². The molecule has 28 heteroatoms. The fraction of sp³-hybridized carbons (Fsp3) is 1.00. The summed E-state index contributed by atoms with van der Waals surface area (Å²) in [5.74, 6) is 7.80. The fourth-order valence-electron chi connectivity index (χ4n) is 9.33. The summed E-state index contributed by atoms with van der Waals surface area (Å²) in [6, 6.07) is 0.806. The molecule has 5 fully saturated rings. The predicted octanol–water partition coefficient (Wildman–Crippen LogP) is 3.27. The molecule has 88 heavy (non-hydrogen) atoms. The molecule has 12 unspecified atom stereocenters. The van der Waals surface area contributed by atoms with Crippen LogP contribution in [-0.2, 0) is 14.2 Å². The summed E-state index contributed by atoms with van der Waals surface area (Å²) in [7, 11) is 0. The summed E-state index contributed by atoms with van der Waals surface area (Å²) in [5, 5.41) is 123. The number of β-amino-alcohol motifs (C(OH)–C–C–N with tert-alkyl or cyclic N) is 1. The van der Waals surface area contributed by atoms with E-state index in [-0.39, 0.29) is 93.0 Å². The first-order chi connectivity index (χ1) is 40.2. The second-order valence-electron chi connectivity index (χ2n) is 24.1. The molecule has 0 amide bonds. The summed E-state index contributed by atoms with van der Waals surface area (Å²) in [5.41, 5.74) is 21.7. The third-order valence-electron chi connectivity index (χ3n) is 18.1. The minimum atomic E-state index is -1.38. The van der Waals surface area contributed by atoms with Crippen molar-refractivity contribution < 1.29 is 110 Å².